The number of anilines is 1. The lowest BCUT2D eigenvalue weighted by Crippen LogP contribution is -2.46. The third-order valence-corrected chi connectivity index (χ3v) is 7.78. The molecule has 1 aromatic rings. The van der Waals surface area contributed by atoms with Crippen LogP contribution < -0.4 is 10.5 Å². The van der Waals surface area contributed by atoms with Gasteiger partial charge in [0.05, 0.1) is 4.91 Å². The maximum Gasteiger partial charge on any atom is 0.270 e. The van der Waals surface area contributed by atoms with E-state index in [0.29, 0.717) is 21.3 Å². The number of hydrogen-bond donors (Lipinski definition) is 0. The Bertz CT molecular complexity index is 1050. The van der Waals surface area contributed by atoms with Gasteiger partial charge < -0.3 is 9.80 Å². The van der Waals surface area contributed by atoms with Crippen LogP contribution in [0.2, 0.25) is 0 Å². The van der Waals surface area contributed by atoms with E-state index >= 15 is 0 Å². The molecule has 3 rings (SSSR count). The SMILES string of the molecule is CCCCCCCN1C(=O)/C(=C/c2c(C)c(C#N)c(=O)n(C)c2N2CCN(C)CC2)SC1=S. The minimum atomic E-state index is -0.305. The normalized spacial score (nSPS) is 18.5. The molecule has 0 N–H and O–H groups in total. The fraction of sp³-hybridized carbons (Fsp3) is 0.583. The Kier molecular flexibility index (Phi) is 8.74. The molecule has 2 aliphatic heterocycles. The number of carbonyl (C=O) groups is 1. The molecule has 0 saturated carbocycles. The van der Waals surface area contributed by atoms with Crippen molar-refractivity contribution in [3.63, 3.8) is 0 Å². The Morgan fingerprint density at radius 2 is 1.76 bits per heavy atom. The highest BCUT2D eigenvalue weighted by Gasteiger charge is 2.33. The first-order valence-electron chi connectivity index (χ1n) is 11.6. The molecule has 3 heterocycles. The van der Waals surface area contributed by atoms with E-state index in [2.05, 4.69) is 29.8 Å². The summed E-state index contributed by atoms with van der Waals surface area (Å²) in [6, 6.07) is 2.06. The van der Waals surface area contributed by atoms with Crippen molar-refractivity contribution in [2.45, 2.75) is 46.0 Å². The number of thioether (sulfide) groups is 1. The number of thiocarbonyl (C=S) groups is 1. The second-order valence-corrected chi connectivity index (χ2v) is 10.4. The Hall–Kier alpha value is -2.15. The van der Waals surface area contributed by atoms with Crippen molar-refractivity contribution >= 4 is 46.1 Å². The van der Waals surface area contributed by atoms with Gasteiger partial charge in [-0.25, -0.2) is 0 Å². The fourth-order valence-corrected chi connectivity index (χ4v) is 5.60. The van der Waals surface area contributed by atoms with Crippen molar-refractivity contribution in [1.82, 2.24) is 14.4 Å². The number of nitrogens with zero attached hydrogens (tertiary/aromatic N) is 5. The number of aromatic nitrogens is 1. The van der Waals surface area contributed by atoms with E-state index in [4.69, 9.17) is 12.2 Å². The van der Waals surface area contributed by atoms with Gasteiger partial charge in [0.1, 0.15) is 21.8 Å². The lowest BCUT2D eigenvalue weighted by Gasteiger charge is -2.36. The monoisotopic (exact) mass is 487 g/mol. The van der Waals surface area contributed by atoms with Crippen LogP contribution in [-0.2, 0) is 11.8 Å². The molecule has 0 unspecified atom stereocenters. The van der Waals surface area contributed by atoms with Gasteiger partial charge in [0.2, 0.25) is 0 Å². The van der Waals surface area contributed by atoms with Gasteiger partial charge in [0.15, 0.2) is 0 Å². The Labute approximate surface area is 206 Å². The van der Waals surface area contributed by atoms with E-state index in [-0.39, 0.29) is 17.0 Å². The zero-order valence-corrected chi connectivity index (χ0v) is 21.7. The number of hydrogen-bond acceptors (Lipinski definition) is 7. The molecule has 0 bridgehead atoms. The van der Waals surface area contributed by atoms with Crippen molar-refractivity contribution in [2.75, 3.05) is 44.7 Å². The lowest BCUT2D eigenvalue weighted by atomic mass is 10.0. The van der Waals surface area contributed by atoms with Gasteiger partial charge in [-0.05, 0) is 32.0 Å². The molecule has 2 aliphatic rings. The summed E-state index contributed by atoms with van der Waals surface area (Å²) >= 11 is 6.82. The van der Waals surface area contributed by atoms with E-state index in [9.17, 15) is 14.9 Å². The van der Waals surface area contributed by atoms with E-state index in [1.807, 2.05) is 6.08 Å². The van der Waals surface area contributed by atoms with Gasteiger partial charge in [0, 0.05) is 45.3 Å². The van der Waals surface area contributed by atoms with Gasteiger partial charge in [-0.3, -0.25) is 19.1 Å². The molecule has 0 aromatic carbocycles. The predicted molar refractivity (Wildman–Crippen MR) is 139 cm³/mol. The first-order valence-corrected chi connectivity index (χ1v) is 12.8. The summed E-state index contributed by atoms with van der Waals surface area (Å²) in [7, 11) is 3.78. The number of pyridine rings is 1. The first-order chi connectivity index (χ1) is 15.8. The highest BCUT2D eigenvalue weighted by Crippen LogP contribution is 2.36. The smallest absolute Gasteiger partial charge is 0.270 e. The average Bonchev–Trinajstić information content (AvgIpc) is 3.06. The van der Waals surface area contributed by atoms with Crippen molar-refractivity contribution in [2.24, 2.45) is 7.05 Å². The summed E-state index contributed by atoms with van der Waals surface area (Å²) in [5.41, 5.74) is 1.18. The molecule has 0 atom stereocenters. The molecule has 2 saturated heterocycles. The van der Waals surface area contributed by atoms with E-state index < -0.39 is 0 Å². The highest BCUT2D eigenvalue weighted by molar-refractivity contribution is 8.26. The zero-order valence-electron chi connectivity index (χ0n) is 20.0. The van der Waals surface area contributed by atoms with Crippen LogP contribution in [0.1, 0.15) is 55.7 Å². The van der Waals surface area contributed by atoms with Crippen molar-refractivity contribution in [3.8, 4) is 6.07 Å². The van der Waals surface area contributed by atoms with Crippen molar-refractivity contribution < 1.29 is 4.79 Å². The van der Waals surface area contributed by atoms with E-state index in [1.165, 1.54) is 31.0 Å². The molecule has 0 radical (unpaired) electrons. The van der Waals surface area contributed by atoms with Crippen LogP contribution in [0, 0.1) is 18.3 Å². The van der Waals surface area contributed by atoms with Gasteiger partial charge in [-0.2, -0.15) is 5.26 Å². The summed E-state index contributed by atoms with van der Waals surface area (Å²) in [4.78, 5) is 32.7. The zero-order chi connectivity index (χ0) is 24.1. The standard InChI is InChI=1S/C24H33N5O2S2/c1-5-6-7-8-9-10-29-23(31)20(33-24(29)32)15-18-17(2)19(16-25)22(30)27(4)21(18)28-13-11-26(3)12-14-28/h15H,5-14H2,1-4H3/b20-15-. The highest BCUT2D eigenvalue weighted by atomic mass is 32.2. The van der Waals surface area contributed by atoms with Crippen molar-refractivity contribution in [3.05, 3.63) is 31.9 Å². The summed E-state index contributed by atoms with van der Waals surface area (Å²) in [6.07, 6.45) is 7.42. The largest absolute Gasteiger partial charge is 0.355 e. The van der Waals surface area contributed by atoms with Crippen LogP contribution in [0.4, 0.5) is 5.82 Å². The Balaban J connectivity index is 1.96. The van der Waals surface area contributed by atoms with Crippen molar-refractivity contribution in [1.29, 1.82) is 5.26 Å². The van der Waals surface area contributed by atoms with E-state index in [1.54, 1.807) is 23.4 Å². The van der Waals surface area contributed by atoms with E-state index in [0.717, 1.165) is 50.4 Å². The van der Waals surface area contributed by atoms with Crippen LogP contribution >= 0.6 is 24.0 Å². The minimum absolute atomic E-state index is 0.0865. The molecule has 1 amide bonds. The number of amides is 1. The molecule has 178 valence electrons. The Morgan fingerprint density at radius 1 is 1.09 bits per heavy atom. The minimum Gasteiger partial charge on any atom is -0.355 e. The lowest BCUT2D eigenvalue weighted by molar-refractivity contribution is -0.122. The van der Waals surface area contributed by atoms with Crippen LogP contribution in [0.25, 0.3) is 6.08 Å². The maximum absolute atomic E-state index is 13.2. The quantitative estimate of drug-likeness (QED) is 0.316. The van der Waals surface area contributed by atoms with Crippen LogP contribution in [0.5, 0.6) is 0 Å². The molecule has 2 fully saturated rings. The molecular formula is C24H33N5O2S2. The molecular weight excluding hydrogens is 454 g/mol. The number of unbranched alkanes of at least 4 members (excludes halogenated alkanes) is 4. The molecule has 33 heavy (non-hydrogen) atoms. The van der Waals surface area contributed by atoms with Crippen LogP contribution in [0.15, 0.2) is 9.70 Å². The second-order valence-electron chi connectivity index (χ2n) is 8.75. The summed E-state index contributed by atoms with van der Waals surface area (Å²) in [6.45, 7) is 7.91. The average molecular weight is 488 g/mol. The number of rotatable bonds is 8. The predicted octanol–water partition coefficient (Wildman–Crippen LogP) is 3.49. The maximum atomic E-state index is 13.2. The molecule has 0 aliphatic carbocycles. The number of nitriles is 1. The molecule has 7 nitrogen and oxygen atoms in total. The fourth-order valence-electron chi connectivity index (χ4n) is 4.31. The number of carbonyl (C=O) groups excluding carboxylic acids is 1. The van der Waals surface area contributed by atoms with Gasteiger partial charge in [0.25, 0.3) is 11.5 Å². The van der Waals surface area contributed by atoms with Gasteiger partial charge in [-0.1, -0.05) is 56.6 Å². The van der Waals surface area contributed by atoms with Crippen LogP contribution in [0.3, 0.4) is 0 Å². The third-order valence-electron chi connectivity index (χ3n) is 6.41. The Morgan fingerprint density at radius 3 is 2.39 bits per heavy atom. The molecule has 0 spiro atoms. The molecule has 1 aromatic heterocycles. The summed E-state index contributed by atoms with van der Waals surface area (Å²) < 4.78 is 2.13. The topological polar surface area (TPSA) is 72.6 Å². The van der Waals surface area contributed by atoms with Gasteiger partial charge >= 0.3 is 0 Å². The summed E-state index contributed by atoms with van der Waals surface area (Å²) in [5, 5.41) is 9.63. The first kappa shape index (κ1) is 25.5. The van der Waals surface area contributed by atoms with Gasteiger partial charge in [-0.15, -0.1) is 0 Å². The molecule has 9 heteroatoms. The number of likely N-dealkylation sites (N-methyl/N-ethyl adjacent to an activating group) is 1. The van der Waals surface area contributed by atoms with Crippen LogP contribution in [-0.4, -0.2) is 64.4 Å². The second kappa shape index (κ2) is 11.3. The third kappa shape index (κ3) is 5.51. The summed E-state index contributed by atoms with van der Waals surface area (Å²) in [5.74, 6) is 0.672. The number of piperazine rings is 1.